The van der Waals surface area contributed by atoms with Gasteiger partial charge < -0.3 is 14.5 Å². The minimum absolute atomic E-state index is 0.0908. The number of anilines is 1. The van der Waals surface area contributed by atoms with E-state index < -0.39 is 0 Å². The van der Waals surface area contributed by atoms with Gasteiger partial charge in [0.1, 0.15) is 11.3 Å². The second-order valence-corrected chi connectivity index (χ2v) is 6.82. The van der Waals surface area contributed by atoms with Gasteiger partial charge in [-0.3, -0.25) is 4.79 Å². The number of fused-ring (bicyclic) bond motifs is 1. The first-order chi connectivity index (χ1) is 13.6. The first-order valence-electron chi connectivity index (χ1n) is 8.42. The Morgan fingerprint density at radius 1 is 1.04 bits per heavy atom. The van der Waals surface area contributed by atoms with Crippen molar-refractivity contribution in [2.75, 3.05) is 11.9 Å². The maximum atomic E-state index is 12.1. The zero-order valence-corrected chi connectivity index (χ0v) is 16.0. The van der Waals surface area contributed by atoms with E-state index in [1.807, 2.05) is 18.2 Å². The number of halogens is 2. The van der Waals surface area contributed by atoms with Gasteiger partial charge in [0.05, 0.1) is 10.6 Å². The number of amides is 1. The van der Waals surface area contributed by atoms with Gasteiger partial charge in [-0.25, -0.2) is 4.98 Å². The van der Waals surface area contributed by atoms with E-state index in [4.69, 9.17) is 32.4 Å². The van der Waals surface area contributed by atoms with Gasteiger partial charge in [-0.05, 0) is 48.5 Å². The van der Waals surface area contributed by atoms with Crippen molar-refractivity contribution in [2.24, 2.45) is 0 Å². The molecule has 0 radical (unpaired) electrons. The van der Waals surface area contributed by atoms with Crippen LogP contribution in [0.3, 0.4) is 0 Å². The predicted molar refractivity (Wildman–Crippen MR) is 110 cm³/mol. The van der Waals surface area contributed by atoms with Crippen LogP contribution in [0.4, 0.5) is 5.69 Å². The molecule has 1 N–H and O–H groups in total. The van der Waals surface area contributed by atoms with Crippen molar-refractivity contribution in [3.63, 3.8) is 0 Å². The molecular weight excluding hydrogens is 399 g/mol. The number of nitrogens with one attached hydrogen (secondary N) is 1. The average Bonchev–Trinajstić information content (AvgIpc) is 3.10. The summed E-state index contributed by atoms with van der Waals surface area (Å²) in [6, 6.07) is 19.5. The van der Waals surface area contributed by atoms with Gasteiger partial charge in [-0.2, -0.15) is 0 Å². The number of benzene rings is 3. The van der Waals surface area contributed by atoms with Gasteiger partial charge in [-0.15, -0.1) is 0 Å². The summed E-state index contributed by atoms with van der Waals surface area (Å²) >= 11 is 12.2. The molecular formula is C21H14Cl2N2O3. The summed E-state index contributed by atoms with van der Waals surface area (Å²) in [6.45, 7) is -0.0908. The maximum absolute atomic E-state index is 12.1. The topological polar surface area (TPSA) is 64.4 Å². The number of oxazole rings is 1. The van der Waals surface area contributed by atoms with Crippen molar-refractivity contribution in [3.8, 4) is 17.2 Å². The Hall–Kier alpha value is -3.02. The van der Waals surface area contributed by atoms with Crippen LogP contribution < -0.4 is 10.1 Å². The lowest BCUT2D eigenvalue weighted by Gasteiger charge is -2.07. The van der Waals surface area contributed by atoms with Gasteiger partial charge >= 0.3 is 0 Å². The average molecular weight is 413 g/mol. The molecule has 1 amide bonds. The molecule has 0 aliphatic rings. The number of carbonyl (C=O) groups is 1. The summed E-state index contributed by atoms with van der Waals surface area (Å²) in [5, 5.41) is 3.77. The standard InChI is InChI=1S/C21H14Cl2N2O3/c22-13-6-8-16(17(23)10-13)21-25-18-11-14(7-9-19(18)28-21)24-20(26)12-27-15-4-2-1-3-5-15/h1-11H,12H2,(H,24,26). The van der Waals surface area contributed by atoms with Gasteiger partial charge in [0, 0.05) is 10.7 Å². The molecule has 3 aromatic carbocycles. The highest BCUT2D eigenvalue weighted by Crippen LogP contribution is 2.32. The molecule has 1 heterocycles. The fourth-order valence-corrected chi connectivity index (χ4v) is 3.14. The summed E-state index contributed by atoms with van der Waals surface area (Å²) in [6.07, 6.45) is 0. The van der Waals surface area contributed by atoms with E-state index >= 15 is 0 Å². The van der Waals surface area contributed by atoms with E-state index in [9.17, 15) is 4.79 Å². The first-order valence-corrected chi connectivity index (χ1v) is 9.18. The summed E-state index contributed by atoms with van der Waals surface area (Å²) in [4.78, 5) is 16.6. The van der Waals surface area contributed by atoms with E-state index in [2.05, 4.69) is 10.3 Å². The molecule has 0 bridgehead atoms. The summed E-state index contributed by atoms with van der Waals surface area (Å²) < 4.78 is 11.2. The molecule has 1 aromatic heterocycles. The van der Waals surface area contributed by atoms with E-state index in [1.165, 1.54) is 0 Å². The van der Waals surface area contributed by atoms with Crippen LogP contribution in [0.1, 0.15) is 0 Å². The molecule has 0 aliphatic heterocycles. The number of hydrogen-bond donors (Lipinski definition) is 1. The molecule has 0 saturated heterocycles. The lowest BCUT2D eigenvalue weighted by molar-refractivity contribution is -0.118. The summed E-state index contributed by atoms with van der Waals surface area (Å²) in [7, 11) is 0. The molecule has 7 heteroatoms. The van der Waals surface area contributed by atoms with Crippen LogP contribution in [0.2, 0.25) is 10.0 Å². The largest absolute Gasteiger partial charge is 0.484 e. The number of rotatable bonds is 5. The predicted octanol–water partition coefficient (Wildman–Crippen LogP) is 5.82. The van der Waals surface area contributed by atoms with Crippen LogP contribution in [-0.4, -0.2) is 17.5 Å². The molecule has 0 aliphatic carbocycles. The second-order valence-electron chi connectivity index (χ2n) is 5.98. The SMILES string of the molecule is O=C(COc1ccccc1)Nc1ccc2oc(-c3ccc(Cl)cc3Cl)nc2c1. The van der Waals surface area contributed by atoms with E-state index in [0.717, 1.165) is 0 Å². The number of ether oxygens (including phenoxy) is 1. The third-order valence-electron chi connectivity index (χ3n) is 3.95. The highest BCUT2D eigenvalue weighted by atomic mass is 35.5. The van der Waals surface area contributed by atoms with Gasteiger partial charge in [-0.1, -0.05) is 41.4 Å². The van der Waals surface area contributed by atoms with Gasteiger partial charge in [0.25, 0.3) is 5.91 Å². The normalized spacial score (nSPS) is 10.8. The smallest absolute Gasteiger partial charge is 0.262 e. The third-order valence-corrected chi connectivity index (χ3v) is 4.49. The van der Waals surface area contributed by atoms with Crippen molar-refractivity contribution in [1.29, 1.82) is 0 Å². The first kappa shape index (κ1) is 18.3. The van der Waals surface area contributed by atoms with Crippen LogP contribution >= 0.6 is 23.2 Å². The lowest BCUT2D eigenvalue weighted by atomic mass is 10.2. The van der Waals surface area contributed by atoms with Crippen molar-refractivity contribution in [3.05, 3.63) is 76.8 Å². The Morgan fingerprint density at radius 3 is 2.64 bits per heavy atom. The molecule has 0 atom stereocenters. The van der Waals surface area contributed by atoms with Crippen LogP contribution in [0.5, 0.6) is 5.75 Å². The molecule has 140 valence electrons. The Bertz CT molecular complexity index is 1140. The van der Waals surface area contributed by atoms with Crippen molar-refractivity contribution in [1.82, 2.24) is 4.98 Å². The quantitative estimate of drug-likeness (QED) is 0.448. The van der Waals surface area contributed by atoms with Crippen molar-refractivity contribution in [2.45, 2.75) is 0 Å². The van der Waals surface area contributed by atoms with E-state index in [-0.39, 0.29) is 12.5 Å². The number of aromatic nitrogens is 1. The molecule has 5 nitrogen and oxygen atoms in total. The Kier molecular flexibility index (Phi) is 5.19. The maximum Gasteiger partial charge on any atom is 0.262 e. The molecule has 0 saturated carbocycles. The van der Waals surface area contributed by atoms with Gasteiger partial charge in [0.2, 0.25) is 5.89 Å². The molecule has 4 aromatic rings. The Balaban J connectivity index is 1.49. The molecule has 0 unspecified atom stereocenters. The summed E-state index contributed by atoms with van der Waals surface area (Å²) in [5.74, 6) is 0.745. The fourth-order valence-electron chi connectivity index (χ4n) is 2.65. The number of hydrogen-bond acceptors (Lipinski definition) is 4. The molecule has 28 heavy (non-hydrogen) atoms. The number of carbonyl (C=O) groups excluding carboxylic acids is 1. The molecule has 0 spiro atoms. The minimum atomic E-state index is -0.271. The summed E-state index contributed by atoms with van der Waals surface area (Å²) in [5.41, 5.74) is 2.42. The third kappa shape index (κ3) is 4.11. The van der Waals surface area contributed by atoms with Crippen molar-refractivity contribution >= 4 is 45.9 Å². The number of para-hydroxylation sites is 1. The molecule has 0 fully saturated rings. The Labute approximate surface area is 170 Å². The fraction of sp³-hybridized carbons (Fsp3) is 0.0476. The lowest BCUT2D eigenvalue weighted by Crippen LogP contribution is -2.20. The van der Waals surface area contributed by atoms with Gasteiger partial charge in [0.15, 0.2) is 12.2 Å². The highest BCUT2D eigenvalue weighted by molar-refractivity contribution is 6.36. The Morgan fingerprint density at radius 2 is 1.86 bits per heavy atom. The monoisotopic (exact) mass is 412 g/mol. The van der Waals surface area contributed by atoms with Crippen LogP contribution in [0.25, 0.3) is 22.6 Å². The zero-order chi connectivity index (χ0) is 19.5. The van der Waals surface area contributed by atoms with E-state index in [0.29, 0.717) is 44.0 Å². The van der Waals surface area contributed by atoms with Crippen LogP contribution in [0.15, 0.2) is 71.1 Å². The second kappa shape index (κ2) is 7.92. The van der Waals surface area contributed by atoms with E-state index in [1.54, 1.807) is 48.5 Å². The van der Waals surface area contributed by atoms with Crippen molar-refractivity contribution < 1.29 is 13.9 Å². The molecule has 4 rings (SSSR count). The zero-order valence-electron chi connectivity index (χ0n) is 14.5. The van der Waals surface area contributed by atoms with Crippen LogP contribution in [0, 0.1) is 0 Å². The highest BCUT2D eigenvalue weighted by Gasteiger charge is 2.13. The number of nitrogens with zero attached hydrogens (tertiary/aromatic N) is 1. The van der Waals surface area contributed by atoms with Crippen LogP contribution in [-0.2, 0) is 4.79 Å². The minimum Gasteiger partial charge on any atom is -0.484 e.